The van der Waals surface area contributed by atoms with Crippen molar-refractivity contribution in [2.45, 2.75) is 23.8 Å². The molecule has 1 aromatic rings. The van der Waals surface area contributed by atoms with Crippen molar-refractivity contribution in [1.29, 1.82) is 0 Å². The minimum atomic E-state index is -3.53. The molecule has 18 heavy (non-hydrogen) atoms. The molecule has 1 unspecified atom stereocenters. The van der Waals surface area contributed by atoms with Gasteiger partial charge in [-0.15, -0.1) is 0 Å². The van der Waals surface area contributed by atoms with Crippen molar-refractivity contribution in [3.63, 3.8) is 0 Å². The molecule has 1 aliphatic rings. The lowest BCUT2D eigenvalue weighted by Gasteiger charge is -2.23. The van der Waals surface area contributed by atoms with Gasteiger partial charge < -0.3 is 5.32 Å². The van der Waals surface area contributed by atoms with Gasteiger partial charge in [-0.25, -0.2) is 13.1 Å². The summed E-state index contributed by atoms with van der Waals surface area (Å²) < 4.78 is 27.6. The third kappa shape index (κ3) is 3.24. The minimum absolute atomic E-state index is 0.0605. The van der Waals surface area contributed by atoms with Crippen LogP contribution in [-0.2, 0) is 10.0 Å². The number of nitrogens with one attached hydrogen (secondary N) is 2. The molecule has 1 aromatic carbocycles. The molecule has 0 radical (unpaired) electrons. The zero-order chi connectivity index (χ0) is 13.2. The lowest BCUT2D eigenvalue weighted by atomic mass is 10.1. The van der Waals surface area contributed by atoms with Gasteiger partial charge in [0.05, 0.1) is 14.4 Å². The topological polar surface area (TPSA) is 58.2 Å². The lowest BCUT2D eigenvalue weighted by molar-refractivity contribution is 0.428. The average molecular weight is 354 g/mol. The van der Waals surface area contributed by atoms with E-state index in [-0.39, 0.29) is 10.9 Å². The van der Waals surface area contributed by atoms with Crippen LogP contribution in [0.3, 0.4) is 0 Å². The van der Waals surface area contributed by atoms with E-state index in [2.05, 4.69) is 26.0 Å². The van der Waals surface area contributed by atoms with Gasteiger partial charge in [0.15, 0.2) is 0 Å². The van der Waals surface area contributed by atoms with Gasteiger partial charge in [0.25, 0.3) is 0 Å². The fraction of sp³-hybridized carbons (Fsp3) is 0.455. The lowest BCUT2D eigenvalue weighted by Crippen LogP contribution is -2.45. The van der Waals surface area contributed by atoms with Crippen LogP contribution in [0.2, 0.25) is 5.02 Å². The Labute approximate surface area is 120 Å². The molecular formula is C11H14BrClN2O2S. The van der Waals surface area contributed by atoms with Crippen molar-refractivity contribution in [2.24, 2.45) is 0 Å². The average Bonchev–Trinajstić information content (AvgIpc) is 2.33. The second-order valence-corrected chi connectivity index (χ2v) is 7.10. The van der Waals surface area contributed by atoms with E-state index >= 15 is 0 Å². The molecule has 0 amide bonds. The molecule has 0 saturated carbocycles. The number of piperidine rings is 1. The number of hydrogen-bond acceptors (Lipinski definition) is 3. The number of rotatable bonds is 3. The van der Waals surface area contributed by atoms with Gasteiger partial charge in [-0.05, 0) is 47.4 Å². The maximum atomic E-state index is 12.2. The Morgan fingerprint density at radius 2 is 2.22 bits per heavy atom. The number of hydrogen-bond donors (Lipinski definition) is 2. The van der Waals surface area contributed by atoms with E-state index in [0.29, 0.717) is 16.0 Å². The monoisotopic (exact) mass is 352 g/mol. The predicted octanol–water partition coefficient (Wildman–Crippen LogP) is 2.13. The smallest absolute Gasteiger partial charge is 0.242 e. The molecule has 4 nitrogen and oxygen atoms in total. The molecule has 0 aromatic heterocycles. The first-order valence-corrected chi connectivity index (χ1v) is 8.33. The fourth-order valence-electron chi connectivity index (χ4n) is 1.93. The second kappa shape index (κ2) is 5.88. The Bertz CT molecular complexity index is 530. The fourth-order valence-corrected chi connectivity index (χ4v) is 4.43. The van der Waals surface area contributed by atoms with Gasteiger partial charge in [0.2, 0.25) is 10.0 Å². The third-order valence-electron chi connectivity index (χ3n) is 2.82. The van der Waals surface area contributed by atoms with E-state index in [1.165, 1.54) is 6.07 Å². The van der Waals surface area contributed by atoms with Gasteiger partial charge in [-0.1, -0.05) is 17.7 Å². The highest BCUT2D eigenvalue weighted by Gasteiger charge is 2.24. The number of halogens is 2. The van der Waals surface area contributed by atoms with E-state index in [0.717, 1.165) is 19.4 Å². The van der Waals surface area contributed by atoms with Gasteiger partial charge >= 0.3 is 0 Å². The summed E-state index contributed by atoms with van der Waals surface area (Å²) in [5, 5.41) is 3.56. The summed E-state index contributed by atoms with van der Waals surface area (Å²) in [6.45, 7) is 1.61. The van der Waals surface area contributed by atoms with Crippen molar-refractivity contribution in [2.75, 3.05) is 13.1 Å². The maximum absolute atomic E-state index is 12.2. The summed E-state index contributed by atoms with van der Waals surface area (Å²) in [7, 11) is -3.53. The number of sulfonamides is 1. The molecular weight excluding hydrogens is 340 g/mol. The molecule has 1 saturated heterocycles. The second-order valence-electron chi connectivity index (χ2n) is 4.22. The van der Waals surface area contributed by atoms with E-state index in [1.54, 1.807) is 12.1 Å². The van der Waals surface area contributed by atoms with E-state index < -0.39 is 10.0 Å². The van der Waals surface area contributed by atoms with Crippen LogP contribution in [0.1, 0.15) is 12.8 Å². The minimum Gasteiger partial charge on any atom is -0.315 e. The molecule has 7 heteroatoms. The maximum Gasteiger partial charge on any atom is 0.242 e. The number of benzene rings is 1. The van der Waals surface area contributed by atoms with Gasteiger partial charge in [-0.2, -0.15) is 0 Å². The summed E-state index contributed by atoms with van der Waals surface area (Å²) in [6, 6.07) is 4.75. The molecule has 0 aliphatic carbocycles. The van der Waals surface area contributed by atoms with Crippen LogP contribution in [0.25, 0.3) is 0 Å². The van der Waals surface area contributed by atoms with Crippen LogP contribution >= 0.6 is 27.5 Å². The van der Waals surface area contributed by atoms with E-state index in [9.17, 15) is 8.42 Å². The standard InChI is InChI=1S/C11H14BrClN2O2S/c12-11-9(13)4-1-5-10(11)18(16,17)15-8-3-2-6-14-7-8/h1,4-5,8,14-15H,2-3,6-7H2. The van der Waals surface area contributed by atoms with Crippen LogP contribution in [0.5, 0.6) is 0 Å². The molecule has 0 bridgehead atoms. The summed E-state index contributed by atoms with van der Waals surface area (Å²) in [6.07, 6.45) is 1.83. The first-order valence-electron chi connectivity index (χ1n) is 5.68. The highest BCUT2D eigenvalue weighted by atomic mass is 79.9. The van der Waals surface area contributed by atoms with Crippen LogP contribution in [0.4, 0.5) is 0 Å². The molecule has 1 aliphatic heterocycles. The van der Waals surface area contributed by atoms with Crippen molar-refractivity contribution in [3.8, 4) is 0 Å². The highest BCUT2D eigenvalue weighted by molar-refractivity contribution is 9.10. The first-order chi connectivity index (χ1) is 8.50. The zero-order valence-corrected chi connectivity index (χ0v) is 12.8. The molecule has 0 spiro atoms. The SMILES string of the molecule is O=S(=O)(NC1CCCNC1)c1cccc(Cl)c1Br. The normalized spacial score (nSPS) is 20.9. The Balaban J connectivity index is 2.22. The van der Waals surface area contributed by atoms with Crippen LogP contribution in [-0.4, -0.2) is 27.5 Å². The molecule has 2 N–H and O–H groups in total. The quantitative estimate of drug-likeness (QED) is 0.875. The largest absolute Gasteiger partial charge is 0.315 e. The zero-order valence-electron chi connectivity index (χ0n) is 9.62. The van der Waals surface area contributed by atoms with Gasteiger partial charge in [0, 0.05) is 12.6 Å². The Morgan fingerprint density at radius 3 is 2.89 bits per heavy atom. The van der Waals surface area contributed by atoms with Crippen LogP contribution in [0, 0.1) is 0 Å². The van der Waals surface area contributed by atoms with Crippen LogP contribution < -0.4 is 10.0 Å². The molecule has 1 fully saturated rings. The highest BCUT2D eigenvalue weighted by Crippen LogP contribution is 2.29. The Kier molecular flexibility index (Phi) is 4.66. The molecule has 1 heterocycles. The summed E-state index contributed by atoms with van der Waals surface area (Å²) in [4.78, 5) is 0.181. The first kappa shape index (κ1) is 14.3. The van der Waals surface area contributed by atoms with Gasteiger partial charge in [0.1, 0.15) is 0 Å². The van der Waals surface area contributed by atoms with E-state index in [1.807, 2.05) is 0 Å². The third-order valence-corrected chi connectivity index (χ3v) is 6.05. The van der Waals surface area contributed by atoms with Gasteiger partial charge in [-0.3, -0.25) is 0 Å². The summed E-state index contributed by atoms with van der Waals surface area (Å²) in [5.41, 5.74) is 0. The van der Waals surface area contributed by atoms with E-state index in [4.69, 9.17) is 11.6 Å². The molecule has 2 rings (SSSR count). The van der Waals surface area contributed by atoms with Crippen molar-refractivity contribution in [3.05, 3.63) is 27.7 Å². The van der Waals surface area contributed by atoms with Crippen molar-refractivity contribution in [1.82, 2.24) is 10.0 Å². The van der Waals surface area contributed by atoms with Crippen molar-refractivity contribution >= 4 is 37.6 Å². The molecule has 1 atom stereocenters. The van der Waals surface area contributed by atoms with Crippen molar-refractivity contribution < 1.29 is 8.42 Å². The summed E-state index contributed by atoms with van der Waals surface area (Å²) in [5.74, 6) is 0. The van der Waals surface area contributed by atoms with Crippen LogP contribution in [0.15, 0.2) is 27.6 Å². The predicted molar refractivity (Wildman–Crippen MR) is 75.4 cm³/mol. The molecule has 100 valence electrons. The Hall–Kier alpha value is -0.140. The summed E-state index contributed by atoms with van der Waals surface area (Å²) >= 11 is 9.13. The Morgan fingerprint density at radius 1 is 1.44 bits per heavy atom.